The van der Waals surface area contributed by atoms with Crippen molar-refractivity contribution in [2.45, 2.75) is 45.2 Å². The van der Waals surface area contributed by atoms with Crippen LogP contribution in [0.1, 0.15) is 38.2 Å². The van der Waals surface area contributed by atoms with Crippen LogP contribution in [-0.2, 0) is 6.54 Å². The Morgan fingerprint density at radius 1 is 1.28 bits per heavy atom. The molecule has 0 bridgehead atoms. The number of likely N-dealkylation sites (tertiary alicyclic amines) is 1. The van der Waals surface area contributed by atoms with E-state index in [0.717, 1.165) is 15.5 Å². The highest BCUT2D eigenvalue weighted by molar-refractivity contribution is 9.11. The molecule has 1 atom stereocenters. The molecule has 0 radical (unpaired) electrons. The summed E-state index contributed by atoms with van der Waals surface area (Å²) in [4.78, 5) is 2.56. The lowest BCUT2D eigenvalue weighted by Gasteiger charge is -2.35. The summed E-state index contributed by atoms with van der Waals surface area (Å²) < 4.78 is 1.52. The average Bonchev–Trinajstić information content (AvgIpc) is 2.36. The highest BCUT2D eigenvalue weighted by Gasteiger charge is 2.21. The van der Waals surface area contributed by atoms with E-state index < -0.39 is 0 Å². The summed E-state index contributed by atoms with van der Waals surface area (Å²) in [5.41, 5.74) is 1.24. The van der Waals surface area contributed by atoms with Crippen molar-refractivity contribution >= 4 is 31.9 Å². The van der Waals surface area contributed by atoms with Gasteiger partial charge in [0.15, 0.2) is 0 Å². The molecule has 1 aromatic carbocycles. The van der Waals surface area contributed by atoms with Crippen molar-refractivity contribution < 1.29 is 5.11 Å². The predicted octanol–water partition coefficient (Wildman–Crippen LogP) is 4.68. The number of rotatable bonds is 3. The first-order valence-corrected chi connectivity index (χ1v) is 8.11. The topological polar surface area (TPSA) is 23.5 Å². The Labute approximate surface area is 126 Å². The minimum Gasteiger partial charge on any atom is -0.506 e. The quantitative estimate of drug-likeness (QED) is 0.827. The molecule has 18 heavy (non-hydrogen) atoms. The van der Waals surface area contributed by atoms with Crippen LogP contribution in [0.4, 0.5) is 0 Å². The molecular formula is C14H19Br2NO. The lowest BCUT2D eigenvalue weighted by Crippen LogP contribution is -2.38. The molecule has 1 N–H and O–H groups in total. The predicted molar refractivity (Wildman–Crippen MR) is 81.8 cm³/mol. The van der Waals surface area contributed by atoms with Crippen LogP contribution < -0.4 is 0 Å². The van der Waals surface area contributed by atoms with Crippen LogP contribution in [0.15, 0.2) is 21.1 Å². The lowest BCUT2D eigenvalue weighted by atomic mass is 9.99. The van der Waals surface area contributed by atoms with Gasteiger partial charge in [-0.05, 0) is 75.4 Å². The third kappa shape index (κ3) is 3.28. The molecule has 0 aromatic heterocycles. The molecule has 1 fully saturated rings. The minimum absolute atomic E-state index is 0.282. The monoisotopic (exact) mass is 375 g/mol. The maximum Gasteiger partial charge on any atom is 0.143 e. The normalized spacial score (nSPS) is 21.2. The van der Waals surface area contributed by atoms with Gasteiger partial charge in [0.25, 0.3) is 0 Å². The van der Waals surface area contributed by atoms with Crippen LogP contribution in [0, 0.1) is 0 Å². The molecule has 1 saturated heterocycles. The van der Waals surface area contributed by atoms with Crippen LogP contribution in [0.5, 0.6) is 5.75 Å². The highest BCUT2D eigenvalue weighted by atomic mass is 79.9. The molecule has 1 heterocycles. The molecule has 0 saturated carbocycles. The molecule has 4 heteroatoms. The van der Waals surface area contributed by atoms with E-state index in [0.29, 0.717) is 6.04 Å². The second-order valence-corrected chi connectivity index (χ2v) is 6.65. The van der Waals surface area contributed by atoms with E-state index in [1.54, 1.807) is 0 Å². The average molecular weight is 377 g/mol. The van der Waals surface area contributed by atoms with Gasteiger partial charge < -0.3 is 5.11 Å². The summed E-state index contributed by atoms with van der Waals surface area (Å²) in [5.74, 6) is 0.282. The van der Waals surface area contributed by atoms with Gasteiger partial charge in [0.1, 0.15) is 5.75 Å². The molecule has 1 unspecified atom stereocenters. The standard InChI is InChI=1S/C14H19Br2NO/c1-2-11-5-3-4-6-17(11)9-10-7-12(15)14(18)13(16)8-10/h7-8,11,18H,2-6,9H2,1H3. The summed E-state index contributed by atoms with van der Waals surface area (Å²) in [5, 5.41) is 9.73. The number of aromatic hydroxyl groups is 1. The van der Waals surface area contributed by atoms with Gasteiger partial charge in [0.05, 0.1) is 8.95 Å². The fraction of sp³-hybridized carbons (Fsp3) is 0.571. The Morgan fingerprint density at radius 2 is 1.94 bits per heavy atom. The molecule has 1 aromatic rings. The van der Waals surface area contributed by atoms with Crippen LogP contribution in [-0.4, -0.2) is 22.6 Å². The first kappa shape index (κ1) is 14.4. The largest absolute Gasteiger partial charge is 0.506 e. The molecule has 0 aliphatic carbocycles. The SMILES string of the molecule is CCC1CCCCN1Cc1cc(Br)c(O)c(Br)c1. The van der Waals surface area contributed by atoms with Crippen molar-refractivity contribution in [3.8, 4) is 5.75 Å². The van der Waals surface area contributed by atoms with Crippen molar-refractivity contribution in [3.05, 3.63) is 26.6 Å². The van der Waals surface area contributed by atoms with Crippen molar-refractivity contribution in [1.29, 1.82) is 0 Å². The van der Waals surface area contributed by atoms with E-state index in [1.165, 1.54) is 37.8 Å². The Balaban J connectivity index is 2.13. The second kappa shape index (κ2) is 6.40. The van der Waals surface area contributed by atoms with Crippen molar-refractivity contribution in [3.63, 3.8) is 0 Å². The molecule has 2 rings (SSSR count). The van der Waals surface area contributed by atoms with Gasteiger partial charge in [0, 0.05) is 12.6 Å². The van der Waals surface area contributed by atoms with Gasteiger partial charge >= 0.3 is 0 Å². The number of hydrogen-bond acceptors (Lipinski definition) is 2. The van der Waals surface area contributed by atoms with Crippen LogP contribution >= 0.6 is 31.9 Å². The Hall–Kier alpha value is -0.0600. The van der Waals surface area contributed by atoms with E-state index in [1.807, 2.05) is 12.1 Å². The van der Waals surface area contributed by atoms with Crippen molar-refractivity contribution in [2.75, 3.05) is 6.54 Å². The smallest absolute Gasteiger partial charge is 0.143 e. The zero-order valence-electron chi connectivity index (χ0n) is 10.6. The third-order valence-corrected chi connectivity index (χ3v) is 4.89. The number of piperidine rings is 1. The van der Waals surface area contributed by atoms with Crippen molar-refractivity contribution in [1.82, 2.24) is 4.90 Å². The highest BCUT2D eigenvalue weighted by Crippen LogP contribution is 2.34. The Bertz CT molecular complexity index is 399. The zero-order chi connectivity index (χ0) is 13.1. The number of phenolic OH excluding ortho intramolecular Hbond substituents is 1. The first-order valence-electron chi connectivity index (χ1n) is 6.52. The first-order chi connectivity index (χ1) is 8.61. The van der Waals surface area contributed by atoms with E-state index in [2.05, 4.69) is 43.7 Å². The van der Waals surface area contributed by atoms with E-state index in [9.17, 15) is 5.11 Å². The maximum absolute atomic E-state index is 9.73. The number of hydrogen-bond donors (Lipinski definition) is 1. The Morgan fingerprint density at radius 3 is 2.56 bits per heavy atom. The molecule has 2 nitrogen and oxygen atoms in total. The summed E-state index contributed by atoms with van der Waals surface area (Å²) in [6.07, 6.45) is 5.20. The molecule has 1 aliphatic rings. The maximum atomic E-state index is 9.73. The van der Waals surface area contributed by atoms with Gasteiger partial charge in [-0.25, -0.2) is 0 Å². The zero-order valence-corrected chi connectivity index (χ0v) is 13.8. The summed E-state index contributed by atoms with van der Waals surface area (Å²) in [6.45, 7) is 4.43. The number of nitrogens with zero attached hydrogens (tertiary/aromatic N) is 1. The van der Waals surface area contributed by atoms with Gasteiger partial charge in [-0.3, -0.25) is 4.90 Å². The van der Waals surface area contributed by atoms with Crippen molar-refractivity contribution in [2.24, 2.45) is 0 Å². The molecule has 100 valence electrons. The molecule has 0 spiro atoms. The molecule has 1 aliphatic heterocycles. The minimum atomic E-state index is 0.282. The van der Waals surface area contributed by atoms with Crippen LogP contribution in [0.2, 0.25) is 0 Å². The summed E-state index contributed by atoms with van der Waals surface area (Å²) >= 11 is 6.79. The molecule has 0 amide bonds. The Kier molecular flexibility index (Phi) is 5.10. The second-order valence-electron chi connectivity index (χ2n) is 4.94. The summed E-state index contributed by atoms with van der Waals surface area (Å²) in [7, 11) is 0. The van der Waals surface area contributed by atoms with Gasteiger partial charge in [-0.15, -0.1) is 0 Å². The van der Waals surface area contributed by atoms with Gasteiger partial charge in [0.2, 0.25) is 0 Å². The van der Waals surface area contributed by atoms with Gasteiger partial charge in [-0.1, -0.05) is 13.3 Å². The van der Waals surface area contributed by atoms with Crippen LogP contribution in [0.25, 0.3) is 0 Å². The number of phenols is 1. The van der Waals surface area contributed by atoms with Gasteiger partial charge in [-0.2, -0.15) is 0 Å². The summed E-state index contributed by atoms with van der Waals surface area (Å²) in [6, 6.07) is 4.74. The fourth-order valence-electron chi connectivity index (χ4n) is 2.67. The van der Waals surface area contributed by atoms with E-state index in [4.69, 9.17) is 0 Å². The van der Waals surface area contributed by atoms with Crippen LogP contribution in [0.3, 0.4) is 0 Å². The lowest BCUT2D eigenvalue weighted by molar-refractivity contribution is 0.136. The van der Waals surface area contributed by atoms with E-state index in [-0.39, 0.29) is 5.75 Å². The third-order valence-electron chi connectivity index (χ3n) is 3.68. The molecular weight excluding hydrogens is 358 g/mol. The number of benzene rings is 1. The number of halogens is 2. The fourth-order valence-corrected chi connectivity index (χ4v) is 3.96. The van der Waals surface area contributed by atoms with E-state index >= 15 is 0 Å².